The molecule has 18 heavy (non-hydrogen) atoms. The highest BCUT2D eigenvalue weighted by Gasteiger charge is 2.24. The Morgan fingerprint density at radius 1 is 1.39 bits per heavy atom. The van der Waals surface area contributed by atoms with Gasteiger partial charge < -0.3 is 19.9 Å². The zero-order valence-corrected chi connectivity index (χ0v) is 12.1. The van der Waals surface area contributed by atoms with Crippen molar-refractivity contribution < 1.29 is 14.6 Å². The molecule has 0 radical (unpaired) electrons. The Kier molecular flexibility index (Phi) is 7.11. The molecule has 108 valence electrons. The molecular formula is C13H28N2O3. The fraction of sp³-hybridized carbons (Fsp3) is 1.00. The molecule has 1 rings (SSSR count). The van der Waals surface area contributed by atoms with Crippen molar-refractivity contribution in [3.05, 3.63) is 0 Å². The van der Waals surface area contributed by atoms with E-state index in [4.69, 9.17) is 9.47 Å². The lowest BCUT2D eigenvalue weighted by molar-refractivity contribution is -0.0447. The van der Waals surface area contributed by atoms with Crippen LogP contribution in [0.2, 0.25) is 0 Å². The van der Waals surface area contributed by atoms with Gasteiger partial charge in [-0.2, -0.15) is 0 Å². The second-order valence-corrected chi connectivity index (χ2v) is 5.37. The summed E-state index contributed by atoms with van der Waals surface area (Å²) < 4.78 is 10.5. The van der Waals surface area contributed by atoms with Gasteiger partial charge in [-0.3, -0.25) is 4.90 Å². The van der Waals surface area contributed by atoms with Gasteiger partial charge in [0.25, 0.3) is 0 Å². The van der Waals surface area contributed by atoms with Gasteiger partial charge in [0.2, 0.25) is 0 Å². The molecule has 0 amide bonds. The van der Waals surface area contributed by atoms with E-state index in [1.165, 1.54) is 0 Å². The second kappa shape index (κ2) is 8.07. The molecule has 0 saturated carbocycles. The number of hydrogen-bond acceptors (Lipinski definition) is 5. The Bertz CT molecular complexity index is 228. The monoisotopic (exact) mass is 260 g/mol. The van der Waals surface area contributed by atoms with Gasteiger partial charge in [-0.05, 0) is 20.8 Å². The number of ether oxygens (including phenoxy) is 2. The minimum Gasteiger partial charge on any atom is -0.389 e. The minimum atomic E-state index is -0.433. The smallest absolute Gasteiger partial charge is 0.0900 e. The Morgan fingerprint density at radius 2 is 2.11 bits per heavy atom. The van der Waals surface area contributed by atoms with Crippen LogP contribution in [0, 0.1) is 0 Å². The number of aliphatic hydroxyl groups excluding tert-OH is 1. The van der Waals surface area contributed by atoms with E-state index in [9.17, 15) is 5.11 Å². The molecule has 0 aliphatic carbocycles. The van der Waals surface area contributed by atoms with Gasteiger partial charge in [0.15, 0.2) is 0 Å². The number of nitrogens with zero attached hydrogens (tertiary/aromatic N) is 1. The predicted molar refractivity (Wildman–Crippen MR) is 71.8 cm³/mol. The lowest BCUT2D eigenvalue weighted by atomic mass is 10.1. The third-order valence-electron chi connectivity index (χ3n) is 3.31. The fourth-order valence-electron chi connectivity index (χ4n) is 2.23. The van der Waals surface area contributed by atoms with E-state index in [2.05, 4.69) is 24.1 Å². The van der Waals surface area contributed by atoms with E-state index in [0.29, 0.717) is 31.8 Å². The first kappa shape index (κ1) is 15.9. The molecule has 1 saturated heterocycles. The fourth-order valence-corrected chi connectivity index (χ4v) is 2.23. The zero-order chi connectivity index (χ0) is 13.5. The molecule has 4 unspecified atom stereocenters. The van der Waals surface area contributed by atoms with Crippen LogP contribution in [0.4, 0.5) is 0 Å². The lowest BCUT2D eigenvalue weighted by Gasteiger charge is -2.38. The van der Waals surface area contributed by atoms with Crippen molar-refractivity contribution in [3.8, 4) is 0 Å². The first-order valence-corrected chi connectivity index (χ1v) is 6.79. The van der Waals surface area contributed by atoms with Crippen molar-refractivity contribution in [3.63, 3.8) is 0 Å². The van der Waals surface area contributed by atoms with Crippen LogP contribution in [-0.4, -0.2) is 74.3 Å². The van der Waals surface area contributed by atoms with Gasteiger partial charge in [0.05, 0.1) is 25.4 Å². The molecule has 1 aliphatic rings. The van der Waals surface area contributed by atoms with E-state index in [1.54, 1.807) is 7.11 Å². The largest absolute Gasteiger partial charge is 0.389 e. The Morgan fingerprint density at radius 3 is 2.78 bits per heavy atom. The van der Waals surface area contributed by atoms with Crippen molar-refractivity contribution in [1.29, 1.82) is 0 Å². The summed E-state index contributed by atoms with van der Waals surface area (Å²) in [6.07, 6.45) is -0.402. The van der Waals surface area contributed by atoms with Crippen LogP contribution in [-0.2, 0) is 9.47 Å². The highest BCUT2D eigenvalue weighted by molar-refractivity contribution is 4.82. The number of nitrogens with one attached hydrogen (secondary N) is 1. The molecule has 5 nitrogen and oxygen atoms in total. The van der Waals surface area contributed by atoms with Gasteiger partial charge >= 0.3 is 0 Å². The predicted octanol–water partition coefficient (Wildman–Crippen LogP) is 0.0810. The number of β-amino-alcohol motifs (C(OH)–C–C–N with tert-alkyl or cyclic N) is 1. The average Bonchev–Trinajstić information content (AvgIpc) is 2.32. The molecule has 5 heteroatoms. The van der Waals surface area contributed by atoms with Crippen LogP contribution < -0.4 is 5.32 Å². The Hall–Kier alpha value is -0.200. The van der Waals surface area contributed by atoms with Crippen LogP contribution >= 0.6 is 0 Å². The second-order valence-electron chi connectivity index (χ2n) is 5.37. The summed E-state index contributed by atoms with van der Waals surface area (Å²) in [7, 11) is 1.65. The van der Waals surface area contributed by atoms with Gasteiger partial charge in [0, 0.05) is 38.8 Å². The standard InChI is InChI=1S/C13H28N2O3/c1-10-6-15(11(2)5-14-10)7-13(16)9-18-12(3)8-17-4/h10-14,16H,5-9H2,1-4H3. The van der Waals surface area contributed by atoms with Crippen LogP contribution in [0.15, 0.2) is 0 Å². The topological polar surface area (TPSA) is 54.0 Å². The first-order valence-electron chi connectivity index (χ1n) is 6.79. The molecule has 0 aromatic rings. The molecule has 1 aliphatic heterocycles. The first-order chi connectivity index (χ1) is 8.52. The summed E-state index contributed by atoms with van der Waals surface area (Å²) in [5, 5.41) is 13.4. The van der Waals surface area contributed by atoms with Gasteiger partial charge in [-0.15, -0.1) is 0 Å². The van der Waals surface area contributed by atoms with Crippen LogP contribution in [0.25, 0.3) is 0 Å². The molecular weight excluding hydrogens is 232 g/mol. The SMILES string of the molecule is COCC(C)OCC(O)CN1CC(C)NCC1C. The summed E-state index contributed by atoms with van der Waals surface area (Å²) in [4.78, 5) is 2.32. The summed E-state index contributed by atoms with van der Waals surface area (Å²) >= 11 is 0. The van der Waals surface area contributed by atoms with Crippen molar-refractivity contribution in [2.45, 2.75) is 45.1 Å². The van der Waals surface area contributed by atoms with Crippen molar-refractivity contribution in [2.24, 2.45) is 0 Å². The molecule has 0 aromatic heterocycles. The third kappa shape index (κ3) is 5.63. The van der Waals surface area contributed by atoms with E-state index < -0.39 is 6.10 Å². The van der Waals surface area contributed by atoms with Crippen molar-refractivity contribution >= 4 is 0 Å². The summed E-state index contributed by atoms with van der Waals surface area (Å²) in [6.45, 7) is 9.87. The number of rotatable bonds is 7. The summed E-state index contributed by atoms with van der Waals surface area (Å²) in [6, 6.07) is 0.953. The zero-order valence-electron chi connectivity index (χ0n) is 12.1. The van der Waals surface area contributed by atoms with Gasteiger partial charge in [-0.1, -0.05) is 0 Å². The van der Waals surface area contributed by atoms with Crippen molar-refractivity contribution in [1.82, 2.24) is 10.2 Å². The van der Waals surface area contributed by atoms with Crippen LogP contribution in [0.5, 0.6) is 0 Å². The molecule has 0 aromatic carbocycles. The number of methoxy groups -OCH3 is 1. The van der Waals surface area contributed by atoms with Gasteiger partial charge in [0.1, 0.15) is 0 Å². The Balaban J connectivity index is 2.23. The molecule has 1 fully saturated rings. The maximum atomic E-state index is 9.99. The van der Waals surface area contributed by atoms with E-state index >= 15 is 0 Å². The van der Waals surface area contributed by atoms with Crippen LogP contribution in [0.3, 0.4) is 0 Å². The molecule has 4 atom stereocenters. The highest BCUT2D eigenvalue weighted by Crippen LogP contribution is 2.07. The minimum absolute atomic E-state index is 0.0315. The maximum Gasteiger partial charge on any atom is 0.0900 e. The third-order valence-corrected chi connectivity index (χ3v) is 3.31. The maximum absolute atomic E-state index is 9.99. The van der Waals surface area contributed by atoms with E-state index in [1.807, 2.05) is 6.92 Å². The molecule has 2 N–H and O–H groups in total. The molecule has 1 heterocycles. The quantitative estimate of drug-likeness (QED) is 0.679. The van der Waals surface area contributed by atoms with Crippen LogP contribution in [0.1, 0.15) is 20.8 Å². The number of piperazine rings is 1. The Labute approximate surface area is 110 Å². The number of hydrogen-bond donors (Lipinski definition) is 2. The van der Waals surface area contributed by atoms with Crippen molar-refractivity contribution in [2.75, 3.05) is 40.0 Å². The highest BCUT2D eigenvalue weighted by atomic mass is 16.5. The summed E-state index contributed by atoms with van der Waals surface area (Å²) in [5.74, 6) is 0. The number of aliphatic hydroxyl groups is 1. The lowest BCUT2D eigenvalue weighted by Crippen LogP contribution is -2.56. The molecule has 0 bridgehead atoms. The van der Waals surface area contributed by atoms with Gasteiger partial charge in [-0.25, -0.2) is 0 Å². The van der Waals surface area contributed by atoms with E-state index in [0.717, 1.165) is 13.1 Å². The van der Waals surface area contributed by atoms with E-state index in [-0.39, 0.29) is 6.10 Å². The normalized spacial score (nSPS) is 29.2. The summed E-state index contributed by atoms with van der Waals surface area (Å²) in [5.41, 5.74) is 0. The average molecular weight is 260 g/mol. The molecule has 0 spiro atoms.